The number of aliphatic hydroxyl groups is 1. The molecule has 1 aromatic rings. The Kier molecular flexibility index (Phi) is 5.01. The molecule has 1 saturated heterocycles. The van der Waals surface area contributed by atoms with Crippen molar-refractivity contribution in [2.24, 2.45) is 0 Å². The van der Waals surface area contributed by atoms with Crippen LogP contribution in [0.1, 0.15) is 39.2 Å². The first-order valence-electron chi connectivity index (χ1n) is 7.65. The highest BCUT2D eigenvalue weighted by Crippen LogP contribution is 2.23. The van der Waals surface area contributed by atoms with Crippen LogP contribution in [0.3, 0.4) is 0 Å². The first kappa shape index (κ1) is 16.0. The van der Waals surface area contributed by atoms with Crippen LogP contribution in [0, 0.1) is 0 Å². The maximum atomic E-state index is 11.9. The molecular formula is C17H26N2O2. The highest BCUT2D eigenvalue weighted by atomic mass is 16.3. The van der Waals surface area contributed by atoms with E-state index in [9.17, 15) is 9.90 Å². The molecule has 1 aliphatic rings. The van der Waals surface area contributed by atoms with E-state index in [0.717, 1.165) is 18.7 Å². The molecule has 0 bridgehead atoms. The summed E-state index contributed by atoms with van der Waals surface area (Å²) in [6.07, 6.45) is 1.06. The number of aliphatic hydroxyl groups excluding tert-OH is 1. The van der Waals surface area contributed by atoms with E-state index in [1.54, 1.807) is 0 Å². The van der Waals surface area contributed by atoms with Gasteiger partial charge in [0.15, 0.2) is 0 Å². The van der Waals surface area contributed by atoms with Crippen LogP contribution in [0.25, 0.3) is 0 Å². The van der Waals surface area contributed by atoms with Gasteiger partial charge in [0.1, 0.15) is 0 Å². The Balaban J connectivity index is 1.80. The van der Waals surface area contributed by atoms with Crippen LogP contribution >= 0.6 is 0 Å². The number of nitrogens with one attached hydrogen (secondary N) is 1. The fraction of sp³-hybridized carbons (Fsp3) is 0.588. The van der Waals surface area contributed by atoms with Crippen molar-refractivity contribution in [3.63, 3.8) is 0 Å². The summed E-state index contributed by atoms with van der Waals surface area (Å²) in [6.45, 7) is 8.80. The lowest BCUT2D eigenvalue weighted by molar-refractivity contribution is -0.116. The molecule has 21 heavy (non-hydrogen) atoms. The molecule has 4 nitrogen and oxygen atoms in total. The van der Waals surface area contributed by atoms with Crippen LogP contribution in [0.15, 0.2) is 24.3 Å². The van der Waals surface area contributed by atoms with E-state index >= 15 is 0 Å². The summed E-state index contributed by atoms with van der Waals surface area (Å²) < 4.78 is 0. The number of β-amino-alcohol motifs (C(OH)–C–C–N with tert-alkyl or cyclic N) is 1. The van der Waals surface area contributed by atoms with Gasteiger partial charge in [-0.1, -0.05) is 32.9 Å². The van der Waals surface area contributed by atoms with Crippen molar-refractivity contribution in [2.45, 2.75) is 45.1 Å². The van der Waals surface area contributed by atoms with Gasteiger partial charge in [-0.3, -0.25) is 4.79 Å². The Morgan fingerprint density at radius 1 is 1.33 bits per heavy atom. The molecule has 1 amide bonds. The molecule has 1 atom stereocenters. The number of likely N-dealkylation sites (tertiary alicyclic amines) is 1. The van der Waals surface area contributed by atoms with Crippen LogP contribution < -0.4 is 5.32 Å². The third-order valence-electron chi connectivity index (χ3n) is 3.94. The average Bonchev–Trinajstić information content (AvgIpc) is 2.82. The fourth-order valence-electron chi connectivity index (χ4n) is 2.55. The molecule has 1 fully saturated rings. The van der Waals surface area contributed by atoms with Crippen molar-refractivity contribution in [1.29, 1.82) is 0 Å². The molecule has 1 unspecified atom stereocenters. The second-order valence-corrected chi connectivity index (χ2v) is 6.87. The summed E-state index contributed by atoms with van der Waals surface area (Å²) in [6, 6.07) is 8.04. The highest BCUT2D eigenvalue weighted by Gasteiger charge is 2.20. The number of anilines is 1. The molecule has 1 aliphatic heterocycles. The van der Waals surface area contributed by atoms with Gasteiger partial charge in [-0.15, -0.1) is 0 Å². The SMILES string of the molecule is CC(C)(C)c1ccc(NC(=O)CCN2CCC(O)C2)cc1. The molecule has 1 heterocycles. The van der Waals surface area contributed by atoms with E-state index in [1.807, 2.05) is 12.1 Å². The molecule has 2 N–H and O–H groups in total. The van der Waals surface area contributed by atoms with Crippen LogP contribution in [0.5, 0.6) is 0 Å². The normalized spacial score (nSPS) is 19.7. The van der Waals surface area contributed by atoms with Crippen LogP contribution in [-0.2, 0) is 10.2 Å². The third-order valence-corrected chi connectivity index (χ3v) is 3.94. The minimum Gasteiger partial charge on any atom is -0.392 e. The Morgan fingerprint density at radius 3 is 2.52 bits per heavy atom. The van der Waals surface area contributed by atoms with E-state index in [1.165, 1.54) is 5.56 Å². The van der Waals surface area contributed by atoms with Crippen molar-refractivity contribution in [3.05, 3.63) is 29.8 Å². The zero-order valence-electron chi connectivity index (χ0n) is 13.2. The summed E-state index contributed by atoms with van der Waals surface area (Å²) in [7, 11) is 0. The number of carbonyl (C=O) groups excluding carboxylic acids is 1. The lowest BCUT2D eigenvalue weighted by atomic mass is 9.87. The monoisotopic (exact) mass is 290 g/mol. The smallest absolute Gasteiger partial charge is 0.225 e. The van der Waals surface area contributed by atoms with E-state index in [2.05, 4.69) is 43.1 Å². The van der Waals surface area contributed by atoms with Gasteiger partial charge in [-0.05, 0) is 29.5 Å². The third kappa shape index (κ3) is 4.83. The second kappa shape index (κ2) is 6.58. The van der Waals surface area contributed by atoms with Gasteiger partial charge in [0, 0.05) is 31.7 Å². The van der Waals surface area contributed by atoms with E-state index in [-0.39, 0.29) is 17.4 Å². The Hall–Kier alpha value is -1.39. The standard InChI is InChI=1S/C17H26N2O2/c1-17(2,3)13-4-6-14(7-5-13)18-16(21)9-11-19-10-8-15(20)12-19/h4-7,15,20H,8-12H2,1-3H3,(H,18,21). The molecule has 0 aliphatic carbocycles. The van der Waals surface area contributed by atoms with Crippen molar-refractivity contribution in [1.82, 2.24) is 4.90 Å². The molecule has 0 radical (unpaired) electrons. The van der Waals surface area contributed by atoms with Gasteiger partial charge in [-0.2, -0.15) is 0 Å². The summed E-state index contributed by atoms with van der Waals surface area (Å²) in [4.78, 5) is 14.1. The van der Waals surface area contributed by atoms with Gasteiger partial charge >= 0.3 is 0 Å². The molecular weight excluding hydrogens is 264 g/mol. The van der Waals surface area contributed by atoms with Crippen LogP contribution in [0.4, 0.5) is 5.69 Å². The summed E-state index contributed by atoms with van der Waals surface area (Å²) in [5, 5.41) is 12.4. The van der Waals surface area contributed by atoms with Crippen molar-refractivity contribution >= 4 is 11.6 Å². The molecule has 1 aromatic carbocycles. The largest absolute Gasteiger partial charge is 0.392 e. The molecule has 116 valence electrons. The molecule has 0 saturated carbocycles. The quantitative estimate of drug-likeness (QED) is 0.895. The first-order valence-corrected chi connectivity index (χ1v) is 7.65. The predicted molar refractivity (Wildman–Crippen MR) is 85.5 cm³/mol. The Morgan fingerprint density at radius 2 is 2.00 bits per heavy atom. The van der Waals surface area contributed by atoms with Gasteiger partial charge in [-0.25, -0.2) is 0 Å². The lowest BCUT2D eigenvalue weighted by Gasteiger charge is -2.19. The van der Waals surface area contributed by atoms with Gasteiger partial charge in [0.2, 0.25) is 5.91 Å². The maximum absolute atomic E-state index is 11.9. The van der Waals surface area contributed by atoms with Gasteiger partial charge < -0.3 is 15.3 Å². The van der Waals surface area contributed by atoms with E-state index in [0.29, 0.717) is 19.5 Å². The zero-order valence-corrected chi connectivity index (χ0v) is 13.2. The lowest BCUT2D eigenvalue weighted by Crippen LogP contribution is -2.26. The van der Waals surface area contributed by atoms with Crippen molar-refractivity contribution in [2.75, 3.05) is 25.0 Å². The maximum Gasteiger partial charge on any atom is 0.225 e. The van der Waals surface area contributed by atoms with Crippen molar-refractivity contribution < 1.29 is 9.90 Å². The second-order valence-electron chi connectivity index (χ2n) is 6.87. The van der Waals surface area contributed by atoms with E-state index < -0.39 is 0 Å². The van der Waals surface area contributed by atoms with E-state index in [4.69, 9.17) is 0 Å². The topological polar surface area (TPSA) is 52.6 Å². The fourth-order valence-corrected chi connectivity index (χ4v) is 2.55. The molecule has 0 aromatic heterocycles. The van der Waals surface area contributed by atoms with Crippen molar-refractivity contribution in [3.8, 4) is 0 Å². The number of hydrogen-bond donors (Lipinski definition) is 2. The predicted octanol–water partition coefficient (Wildman–Crippen LogP) is 2.38. The first-order chi connectivity index (χ1) is 9.84. The minimum atomic E-state index is -0.224. The molecule has 0 spiro atoms. The zero-order chi connectivity index (χ0) is 15.5. The Bertz CT molecular complexity index is 477. The minimum absolute atomic E-state index is 0.0277. The number of amides is 1. The van der Waals surface area contributed by atoms with Gasteiger partial charge in [0.25, 0.3) is 0 Å². The average molecular weight is 290 g/mol. The van der Waals surface area contributed by atoms with Crippen LogP contribution in [0.2, 0.25) is 0 Å². The number of rotatable bonds is 4. The highest BCUT2D eigenvalue weighted by molar-refractivity contribution is 5.90. The number of hydrogen-bond acceptors (Lipinski definition) is 3. The summed E-state index contributed by atoms with van der Waals surface area (Å²) in [5.74, 6) is 0.0277. The van der Waals surface area contributed by atoms with Gasteiger partial charge in [0.05, 0.1) is 6.10 Å². The summed E-state index contributed by atoms with van der Waals surface area (Å²) in [5.41, 5.74) is 2.22. The summed E-state index contributed by atoms with van der Waals surface area (Å²) >= 11 is 0. The number of carbonyl (C=O) groups is 1. The molecule has 2 rings (SSSR count). The number of benzene rings is 1. The van der Waals surface area contributed by atoms with Crippen LogP contribution in [-0.4, -0.2) is 41.7 Å². The number of nitrogens with zero attached hydrogens (tertiary/aromatic N) is 1. The molecule has 4 heteroatoms. The Labute approximate surface area is 127 Å².